The van der Waals surface area contributed by atoms with E-state index in [1.807, 2.05) is 25.4 Å². The van der Waals surface area contributed by atoms with E-state index in [1.165, 1.54) is 5.56 Å². The van der Waals surface area contributed by atoms with Crippen LogP contribution in [0.4, 0.5) is 5.82 Å². The van der Waals surface area contributed by atoms with Crippen LogP contribution < -0.4 is 4.90 Å². The number of anilines is 1. The Morgan fingerprint density at radius 2 is 2.25 bits per heavy atom. The molecule has 0 aliphatic carbocycles. The Kier molecular flexibility index (Phi) is 5.75. The highest BCUT2D eigenvalue weighted by atomic mass is 16.5. The number of aromatic nitrogens is 3. The lowest BCUT2D eigenvalue weighted by Gasteiger charge is -2.34. The maximum Gasteiger partial charge on any atom is 0.135 e. The van der Waals surface area contributed by atoms with E-state index in [0.717, 1.165) is 56.0 Å². The summed E-state index contributed by atoms with van der Waals surface area (Å²) in [6.45, 7) is 6.71. The van der Waals surface area contributed by atoms with E-state index in [-0.39, 0.29) is 6.10 Å². The predicted molar refractivity (Wildman–Crippen MR) is 95.0 cm³/mol. The molecule has 1 aliphatic rings. The lowest BCUT2D eigenvalue weighted by Crippen LogP contribution is -2.40. The molecule has 0 aromatic carbocycles. The minimum atomic E-state index is 0.240. The van der Waals surface area contributed by atoms with Crippen molar-refractivity contribution in [1.29, 1.82) is 0 Å². The van der Waals surface area contributed by atoms with Crippen LogP contribution in [0.25, 0.3) is 0 Å². The van der Waals surface area contributed by atoms with Crippen molar-refractivity contribution in [3.05, 3.63) is 47.7 Å². The molecular formula is C19H26N4O. The van der Waals surface area contributed by atoms with Crippen LogP contribution in [0.1, 0.15) is 43.1 Å². The lowest BCUT2D eigenvalue weighted by molar-refractivity contribution is 0.0312. The largest absolute Gasteiger partial charge is 0.372 e. The van der Waals surface area contributed by atoms with E-state index in [0.29, 0.717) is 6.61 Å². The molecule has 24 heavy (non-hydrogen) atoms. The van der Waals surface area contributed by atoms with Gasteiger partial charge in [0.05, 0.1) is 12.7 Å². The van der Waals surface area contributed by atoms with Gasteiger partial charge in [-0.15, -0.1) is 0 Å². The Morgan fingerprint density at radius 3 is 3.04 bits per heavy atom. The number of hydrogen-bond donors (Lipinski definition) is 0. The maximum atomic E-state index is 6.13. The van der Waals surface area contributed by atoms with Gasteiger partial charge in [-0.1, -0.05) is 19.4 Å². The van der Waals surface area contributed by atoms with Gasteiger partial charge in [-0.05, 0) is 37.8 Å². The van der Waals surface area contributed by atoms with Crippen LogP contribution in [0.5, 0.6) is 0 Å². The fraction of sp³-hybridized carbons (Fsp3) is 0.526. The molecule has 0 bridgehead atoms. The molecule has 5 heteroatoms. The normalized spacial score (nSPS) is 17.9. The van der Waals surface area contributed by atoms with Crippen LogP contribution in [0.15, 0.2) is 30.7 Å². The fourth-order valence-corrected chi connectivity index (χ4v) is 3.17. The Labute approximate surface area is 144 Å². The molecule has 5 nitrogen and oxygen atoms in total. The highest BCUT2D eigenvalue weighted by Gasteiger charge is 2.23. The van der Waals surface area contributed by atoms with Gasteiger partial charge in [0.25, 0.3) is 0 Å². The Balaban J connectivity index is 1.66. The first-order valence-electron chi connectivity index (χ1n) is 8.84. The first-order valence-corrected chi connectivity index (χ1v) is 8.84. The van der Waals surface area contributed by atoms with Crippen LogP contribution in [-0.2, 0) is 17.8 Å². The molecule has 0 radical (unpaired) electrons. The van der Waals surface area contributed by atoms with Crippen molar-refractivity contribution in [2.75, 3.05) is 18.0 Å². The molecule has 0 N–H and O–H groups in total. The number of ether oxygens (including phenoxy) is 1. The smallest absolute Gasteiger partial charge is 0.135 e. The van der Waals surface area contributed by atoms with Crippen molar-refractivity contribution >= 4 is 5.82 Å². The van der Waals surface area contributed by atoms with Crippen molar-refractivity contribution in [2.24, 2.45) is 0 Å². The number of aryl methyl sites for hydroxylation is 2. The van der Waals surface area contributed by atoms with E-state index < -0.39 is 0 Å². The second kappa shape index (κ2) is 8.20. The maximum absolute atomic E-state index is 6.13. The summed E-state index contributed by atoms with van der Waals surface area (Å²) in [5.74, 6) is 1.93. The van der Waals surface area contributed by atoms with Crippen LogP contribution in [0, 0.1) is 6.92 Å². The van der Waals surface area contributed by atoms with Gasteiger partial charge < -0.3 is 9.64 Å². The van der Waals surface area contributed by atoms with Gasteiger partial charge >= 0.3 is 0 Å². The minimum Gasteiger partial charge on any atom is -0.372 e. The fourth-order valence-electron chi connectivity index (χ4n) is 3.17. The molecule has 1 atom stereocenters. The molecule has 1 unspecified atom stereocenters. The summed E-state index contributed by atoms with van der Waals surface area (Å²) < 4.78 is 6.13. The summed E-state index contributed by atoms with van der Waals surface area (Å²) in [6.07, 6.45) is 10.2. The third-order valence-electron chi connectivity index (χ3n) is 4.37. The topological polar surface area (TPSA) is 51.1 Å². The Morgan fingerprint density at radius 1 is 1.33 bits per heavy atom. The van der Waals surface area contributed by atoms with Gasteiger partial charge in [-0.25, -0.2) is 9.97 Å². The van der Waals surface area contributed by atoms with Crippen LogP contribution in [0.2, 0.25) is 0 Å². The van der Waals surface area contributed by atoms with Gasteiger partial charge in [-0.2, -0.15) is 0 Å². The molecule has 3 rings (SSSR count). The first kappa shape index (κ1) is 16.8. The average molecular weight is 326 g/mol. The minimum absolute atomic E-state index is 0.240. The zero-order valence-electron chi connectivity index (χ0n) is 14.6. The Bertz CT molecular complexity index is 647. The number of hydrogen-bond acceptors (Lipinski definition) is 5. The molecule has 128 valence electrons. The van der Waals surface area contributed by atoms with Gasteiger partial charge in [-0.3, -0.25) is 4.98 Å². The van der Waals surface area contributed by atoms with Crippen molar-refractivity contribution in [3.63, 3.8) is 0 Å². The molecule has 2 aromatic heterocycles. The zero-order chi connectivity index (χ0) is 16.8. The Hall–Kier alpha value is -2.01. The van der Waals surface area contributed by atoms with E-state index in [2.05, 4.69) is 27.9 Å². The van der Waals surface area contributed by atoms with Crippen LogP contribution >= 0.6 is 0 Å². The van der Waals surface area contributed by atoms with E-state index in [4.69, 9.17) is 9.72 Å². The average Bonchev–Trinajstić information content (AvgIpc) is 2.63. The van der Waals surface area contributed by atoms with Crippen molar-refractivity contribution in [1.82, 2.24) is 15.0 Å². The summed E-state index contributed by atoms with van der Waals surface area (Å²) in [5.41, 5.74) is 2.37. The number of pyridine rings is 1. The van der Waals surface area contributed by atoms with E-state index in [1.54, 1.807) is 6.20 Å². The van der Waals surface area contributed by atoms with Crippen molar-refractivity contribution in [2.45, 2.75) is 52.2 Å². The van der Waals surface area contributed by atoms with Gasteiger partial charge in [0.2, 0.25) is 0 Å². The standard InChI is InChI=1S/C19H26N4O/c1-3-6-17-12-21-15(2)22-19(17)23-10-5-8-18(13-23)24-14-16-7-4-9-20-11-16/h4,7,9,11-12,18H,3,5-6,8,10,13-14H2,1-2H3. The molecule has 0 saturated carbocycles. The van der Waals surface area contributed by atoms with Gasteiger partial charge in [0.15, 0.2) is 0 Å². The second-order valence-corrected chi connectivity index (χ2v) is 6.40. The summed E-state index contributed by atoms with van der Waals surface area (Å²) in [5, 5.41) is 0. The lowest BCUT2D eigenvalue weighted by atomic mass is 10.1. The van der Waals surface area contributed by atoms with Gasteiger partial charge in [0.1, 0.15) is 11.6 Å². The summed E-state index contributed by atoms with van der Waals surface area (Å²) in [6, 6.07) is 4.01. The highest BCUT2D eigenvalue weighted by molar-refractivity contribution is 5.46. The SMILES string of the molecule is CCCc1cnc(C)nc1N1CCCC(OCc2cccnc2)C1. The predicted octanol–water partition coefficient (Wildman–Crippen LogP) is 3.32. The van der Waals surface area contributed by atoms with Crippen LogP contribution in [-0.4, -0.2) is 34.1 Å². The van der Waals surface area contributed by atoms with Crippen molar-refractivity contribution < 1.29 is 4.74 Å². The van der Waals surface area contributed by atoms with E-state index in [9.17, 15) is 0 Å². The third-order valence-corrected chi connectivity index (χ3v) is 4.37. The third kappa shape index (κ3) is 4.29. The summed E-state index contributed by atoms with van der Waals surface area (Å²) in [7, 11) is 0. The first-order chi connectivity index (χ1) is 11.8. The van der Waals surface area contributed by atoms with Crippen LogP contribution in [0.3, 0.4) is 0 Å². The molecule has 2 aromatic rings. The number of rotatable bonds is 6. The molecule has 0 amide bonds. The molecule has 1 saturated heterocycles. The zero-order valence-corrected chi connectivity index (χ0v) is 14.6. The molecule has 1 aliphatic heterocycles. The molecule has 0 spiro atoms. The molecular weight excluding hydrogens is 300 g/mol. The monoisotopic (exact) mass is 326 g/mol. The van der Waals surface area contributed by atoms with Gasteiger partial charge in [0, 0.05) is 37.2 Å². The number of piperidine rings is 1. The van der Waals surface area contributed by atoms with Crippen molar-refractivity contribution in [3.8, 4) is 0 Å². The summed E-state index contributed by atoms with van der Waals surface area (Å²) in [4.78, 5) is 15.6. The molecule has 1 fully saturated rings. The number of nitrogens with zero attached hydrogens (tertiary/aromatic N) is 4. The second-order valence-electron chi connectivity index (χ2n) is 6.40. The quantitative estimate of drug-likeness (QED) is 0.815. The molecule has 3 heterocycles. The van der Waals surface area contributed by atoms with E-state index >= 15 is 0 Å². The highest BCUT2D eigenvalue weighted by Crippen LogP contribution is 2.24. The summed E-state index contributed by atoms with van der Waals surface area (Å²) >= 11 is 0.